The Morgan fingerprint density at radius 3 is 2.52 bits per heavy atom. The summed E-state index contributed by atoms with van der Waals surface area (Å²) in [7, 11) is 0. The van der Waals surface area contributed by atoms with E-state index in [4.69, 9.17) is 5.73 Å². The molecular weight excluding hydrogens is 539 g/mol. The van der Waals surface area contributed by atoms with E-state index < -0.39 is 52.9 Å². The Morgan fingerprint density at radius 1 is 1.10 bits per heavy atom. The summed E-state index contributed by atoms with van der Waals surface area (Å²) in [5.74, 6) is -2.75. The number of nitrogens with zero attached hydrogens (tertiary/aromatic N) is 6. The van der Waals surface area contributed by atoms with Crippen LogP contribution in [0.2, 0.25) is 0 Å². The zero-order chi connectivity index (χ0) is 28.9. The van der Waals surface area contributed by atoms with Crippen molar-refractivity contribution in [1.29, 1.82) is 0 Å². The van der Waals surface area contributed by atoms with E-state index in [0.717, 1.165) is 23.0 Å². The Morgan fingerprint density at radius 2 is 1.85 bits per heavy atom. The summed E-state index contributed by atoms with van der Waals surface area (Å²) < 4.78 is 71.9. The average molecular weight is 560 g/mol. The molecular formula is C25H21F5N8O2. The van der Waals surface area contributed by atoms with E-state index in [9.17, 15) is 27.2 Å². The van der Waals surface area contributed by atoms with Crippen LogP contribution in [0.25, 0.3) is 16.8 Å². The first kappa shape index (κ1) is 26.9. The van der Waals surface area contributed by atoms with Gasteiger partial charge in [-0.05, 0) is 49.7 Å². The second kappa shape index (κ2) is 9.81. The molecule has 0 spiro atoms. The summed E-state index contributed by atoms with van der Waals surface area (Å²) >= 11 is 0. The van der Waals surface area contributed by atoms with Crippen molar-refractivity contribution >= 4 is 23.1 Å². The van der Waals surface area contributed by atoms with Crippen molar-refractivity contribution in [3.63, 3.8) is 0 Å². The number of amides is 2. The Labute approximate surface area is 223 Å². The van der Waals surface area contributed by atoms with Crippen LogP contribution in [0, 0.1) is 19.7 Å². The van der Waals surface area contributed by atoms with Crippen LogP contribution in [0.15, 0.2) is 36.7 Å². The highest BCUT2D eigenvalue weighted by atomic mass is 19.4. The van der Waals surface area contributed by atoms with Gasteiger partial charge in [-0.25, -0.2) is 18.3 Å². The number of alkyl halides is 4. The molecule has 1 fully saturated rings. The molecule has 0 saturated carbocycles. The number of halogens is 5. The van der Waals surface area contributed by atoms with E-state index in [1.165, 1.54) is 17.9 Å². The van der Waals surface area contributed by atoms with Gasteiger partial charge in [0.1, 0.15) is 23.8 Å². The quantitative estimate of drug-likeness (QED) is 0.367. The fourth-order valence-corrected chi connectivity index (χ4v) is 4.58. The number of nitrogen functional groups attached to an aromatic ring is 1. The van der Waals surface area contributed by atoms with Crippen LogP contribution >= 0.6 is 0 Å². The van der Waals surface area contributed by atoms with Crippen LogP contribution in [0.5, 0.6) is 0 Å². The Kier molecular flexibility index (Phi) is 6.59. The Balaban J connectivity index is 1.44. The first-order chi connectivity index (χ1) is 18.8. The Hall–Kier alpha value is -4.69. The molecule has 0 bridgehead atoms. The predicted molar refractivity (Wildman–Crippen MR) is 131 cm³/mol. The van der Waals surface area contributed by atoms with Crippen LogP contribution in [0.1, 0.15) is 37.7 Å². The number of aryl methyl sites for hydroxylation is 2. The first-order valence-corrected chi connectivity index (χ1v) is 11.9. The van der Waals surface area contributed by atoms with Gasteiger partial charge in [-0.2, -0.15) is 23.4 Å². The maximum absolute atomic E-state index is 15.1. The molecule has 0 aliphatic carbocycles. The van der Waals surface area contributed by atoms with Crippen LogP contribution in [-0.4, -0.2) is 66.8 Å². The van der Waals surface area contributed by atoms with Gasteiger partial charge in [-0.15, -0.1) is 5.10 Å². The van der Waals surface area contributed by atoms with Gasteiger partial charge < -0.3 is 16.0 Å². The molecule has 4 aromatic rings. The van der Waals surface area contributed by atoms with Crippen molar-refractivity contribution in [2.75, 3.05) is 18.8 Å². The monoisotopic (exact) mass is 560 g/mol. The van der Waals surface area contributed by atoms with Crippen LogP contribution in [0.3, 0.4) is 0 Å². The molecule has 40 heavy (non-hydrogen) atoms. The van der Waals surface area contributed by atoms with Crippen molar-refractivity contribution < 1.29 is 31.5 Å². The smallest absolute Gasteiger partial charge is 0.382 e. The average Bonchev–Trinajstić information content (AvgIpc) is 3.46. The molecule has 1 saturated heterocycles. The molecule has 1 aliphatic heterocycles. The second-order valence-electron chi connectivity index (χ2n) is 9.36. The third kappa shape index (κ3) is 4.78. The minimum Gasteiger partial charge on any atom is -0.382 e. The number of likely N-dealkylation sites (tertiary alicyclic amines) is 1. The molecule has 0 unspecified atom stereocenters. The Bertz CT molecular complexity index is 1640. The number of nitrogens with one attached hydrogen (secondary N) is 1. The second-order valence-corrected chi connectivity index (χ2v) is 9.36. The number of aromatic nitrogens is 5. The number of hydrogen-bond acceptors (Lipinski definition) is 7. The van der Waals surface area contributed by atoms with E-state index >= 15 is 4.39 Å². The summed E-state index contributed by atoms with van der Waals surface area (Å²) in [6, 6.07) is 4.66. The van der Waals surface area contributed by atoms with Crippen LogP contribution < -0.4 is 11.1 Å². The summed E-state index contributed by atoms with van der Waals surface area (Å²) in [5.41, 5.74) is 3.90. The number of benzene rings is 1. The van der Waals surface area contributed by atoms with Gasteiger partial charge >= 0.3 is 6.18 Å². The third-order valence-electron chi connectivity index (χ3n) is 6.59. The number of rotatable bonds is 4. The molecule has 3 N–H and O–H groups in total. The maximum Gasteiger partial charge on any atom is 0.418 e. The number of hydrogen-bond donors (Lipinski definition) is 2. The zero-order valence-corrected chi connectivity index (χ0v) is 21.0. The van der Waals surface area contributed by atoms with Crippen LogP contribution in [0.4, 0.5) is 27.8 Å². The lowest BCUT2D eigenvalue weighted by atomic mass is 10.0. The normalized spacial score (nSPS) is 17.4. The summed E-state index contributed by atoms with van der Waals surface area (Å²) in [4.78, 5) is 30.7. The molecule has 2 amide bonds. The molecule has 1 aliphatic rings. The molecule has 10 nitrogen and oxygen atoms in total. The number of carbonyl (C=O) groups is 2. The number of fused-ring (bicyclic) bond motifs is 1. The lowest BCUT2D eigenvalue weighted by molar-refractivity contribution is -0.136. The lowest BCUT2D eigenvalue weighted by Gasteiger charge is -2.17. The summed E-state index contributed by atoms with van der Waals surface area (Å²) in [6.45, 7) is 2.65. The topological polar surface area (TPSA) is 131 Å². The van der Waals surface area contributed by atoms with E-state index in [1.807, 2.05) is 0 Å². The molecule has 4 heterocycles. The van der Waals surface area contributed by atoms with E-state index in [0.29, 0.717) is 11.8 Å². The van der Waals surface area contributed by atoms with E-state index in [2.05, 4.69) is 25.6 Å². The highest BCUT2D eigenvalue weighted by Crippen LogP contribution is 2.39. The highest BCUT2D eigenvalue weighted by Gasteiger charge is 2.39. The van der Waals surface area contributed by atoms with Crippen molar-refractivity contribution in [3.8, 4) is 11.3 Å². The predicted octanol–water partition coefficient (Wildman–Crippen LogP) is 3.14. The molecule has 208 valence electrons. The van der Waals surface area contributed by atoms with Crippen molar-refractivity contribution in [1.82, 2.24) is 35.0 Å². The van der Waals surface area contributed by atoms with Crippen molar-refractivity contribution in [2.45, 2.75) is 32.2 Å². The third-order valence-corrected chi connectivity index (χ3v) is 6.59. The van der Waals surface area contributed by atoms with Crippen molar-refractivity contribution in [2.24, 2.45) is 0 Å². The standard InChI is InChI=1S/C25H21F5N8O2/c1-11-5-16(26)14(20-7-15(25(28,29)30)21-22(31)32-10-33-38(20)21)6-13(11)23(39)34-19-9-37(8-17(19)27)24(40)18-4-3-12(2)35-36-18/h3-7,10,17,19H,8-9H2,1-2H3,(H,34,39)(H2,31,32,33)/t17-,19+/m0/s1. The van der Waals surface area contributed by atoms with Gasteiger partial charge in [0.05, 0.1) is 29.5 Å². The van der Waals surface area contributed by atoms with Gasteiger partial charge in [0.25, 0.3) is 11.8 Å². The fraction of sp³-hybridized carbons (Fsp3) is 0.280. The first-order valence-electron chi connectivity index (χ1n) is 11.9. The highest BCUT2D eigenvalue weighted by molar-refractivity contribution is 5.97. The van der Waals surface area contributed by atoms with Crippen molar-refractivity contribution in [3.05, 3.63) is 70.6 Å². The molecule has 5 rings (SSSR count). The minimum atomic E-state index is -4.85. The number of carbonyl (C=O) groups excluding carboxylic acids is 2. The van der Waals surface area contributed by atoms with Gasteiger partial charge in [0.15, 0.2) is 11.5 Å². The lowest BCUT2D eigenvalue weighted by Crippen LogP contribution is -2.42. The van der Waals surface area contributed by atoms with E-state index in [-0.39, 0.29) is 41.2 Å². The fourth-order valence-electron chi connectivity index (χ4n) is 4.58. The molecule has 0 radical (unpaired) electrons. The molecule has 2 atom stereocenters. The summed E-state index contributed by atoms with van der Waals surface area (Å²) in [5, 5.41) is 13.9. The van der Waals surface area contributed by atoms with Gasteiger partial charge in [0.2, 0.25) is 0 Å². The number of nitrogens with two attached hydrogens (primary N) is 1. The molecule has 15 heteroatoms. The molecule has 1 aromatic carbocycles. The van der Waals surface area contributed by atoms with Gasteiger partial charge in [-0.3, -0.25) is 9.59 Å². The van der Waals surface area contributed by atoms with Gasteiger partial charge in [0, 0.05) is 17.7 Å². The van der Waals surface area contributed by atoms with E-state index in [1.54, 1.807) is 13.0 Å². The number of anilines is 1. The zero-order valence-electron chi connectivity index (χ0n) is 21.0. The molecule has 3 aromatic heterocycles. The minimum absolute atomic E-state index is 0.0193. The summed E-state index contributed by atoms with van der Waals surface area (Å²) in [6.07, 6.45) is -5.55. The maximum atomic E-state index is 15.1. The largest absolute Gasteiger partial charge is 0.418 e. The van der Waals surface area contributed by atoms with Crippen LogP contribution in [-0.2, 0) is 6.18 Å². The SMILES string of the molecule is Cc1ccc(C(=O)N2C[C@H](F)[C@H](NC(=O)c3cc(-c4cc(C(F)(F)F)c5c(N)ncnn45)c(F)cc3C)C2)nn1. The van der Waals surface area contributed by atoms with Gasteiger partial charge in [-0.1, -0.05) is 0 Å².